The van der Waals surface area contributed by atoms with Crippen LogP contribution in [-0.2, 0) is 13.0 Å². The molecule has 3 aromatic rings. The second-order valence-corrected chi connectivity index (χ2v) is 7.04. The van der Waals surface area contributed by atoms with Crippen molar-refractivity contribution in [2.75, 3.05) is 6.54 Å². The maximum atomic E-state index is 13.3. The summed E-state index contributed by atoms with van der Waals surface area (Å²) in [5, 5.41) is 0.652. The van der Waals surface area contributed by atoms with Gasteiger partial charge in [0, 0.05) is 30.9 Å². The number of aromatic nitrogens is 2. The van der Waals surface area contributed by atoms with Crippen LogP contribution in [0.2, 0.25) is 0 Å². The third kappa shape index (κ3) is 2.20. The molecule has 0 unspecified atom stereocenters. The van der Waals surface area contributed by atoms with E-state index in [4.69, 9.17) is 0 Å². The number of pyridine rings is 2. The summed E-state index contributed by atoms with van der Waals surface area (Å²) in [4.78, 5) is 32.5. The van der Waals surface area contributed by atoms with Crippen LogP contribution in [0.4, 0.5) is 0 Å². The van der Waals surface area contributed by atoms with Gasteiger partial charge in [0.1, 0.15) is 5.56 Å². The summed E-state index contributed by atoms with van der Waals surface area (Å²) >= 11 is 0. The molecular weight excluding hydrogens is 326 g/mol. The fourth-order valence-electron chi connectivity index (χ4n) is 4.35. The smallest absolute Gasteiger partial charge is 0.259 e. The molecule has 2 aliphatic heterocycles. The number of likely N-dealkylation sites (tertiary alicyclic amines) is 1. The third-order valence-electron chi connectivity index (χ3n) is 5.58. The average molecular weight is 345 g/mol. The van der Waals surface area contributed by atoms with Crippen molar-refractivity contribution >= 4 is 16.8 Å². The van der Waals surface area contributed by atoms with Gasteiger partial charge in [-0.1, -0.05) is 18.2 Å². The van der Waals surface area contributed by atoms with E-state index in [-0.39, 0.29) is 22.9 Å². The summed E-state index contributed by atoms with van der Waals surface area (Å²) in [5.41, 5.74) is 3.19. The predicted octanol–water partition coefficient (Wildman–Crippen LogP) is 2.93. The summed E-state index contributed by atoms with van der Waals surface area (Å²) in [6, 6.07) is 11.5. The van der Waals surface area contributed by atoms with E-state index in [9.17, 15) is 9.59 Å². The van der Waals surface area contributed by atoms with Crippen LogP contribution in [0.15, 0.2) is 53.6 Å². The molecule has 0 N–H and O–H groups in total. The van der Waals surface area contributed by atoms with Crippen LogP contribution in [0.25, 0.3) is 10.9 Å². The molecule has 0 aliphatic carbocycles. The molecule has 5 nitrogen and oxygen atoms in total. The lowest BCUT2D eigenvalue weighted by molar-refractivity contribution is 0.0731. The van der Waals surface area contributed by atoms with Crippen molar-refractivity contribution in [3.8, 4) is 0 Å². The van der Waals surface area contributed by atoms with Crippen molar-refractivity contribution in [3.05, 3.63) is 75.8 Å². The summed E-state index contributed by atoms with van der Waals surface area (Å²) in [6.07, 6.45) is 6.24. The zero-order valence-electron chi connectivity index (χ0n) is 14.4. The molecule has 0 saturated carbocycles. The summed E-state index contributed by atoms with van der Waals surface area (Å²) in [7, 11) is 0. The highest BCUT2D eigenvalue weighted by Crippen LogP contribution is 2.32. The summed E-state index contributed by atoms with van der Waals surface area (Å²) in [6.45, 7) is 1.48. The lowest BCUT2D eigenvalue weighted by Gasteiger charge is -2.24. The van der Waals surface area contributed by atoms with Gasteiger partial charge >= 0.3 is 0 Å². The number of carbonyl (C=O) groups is 1. The second-order valence-electron chi connectivity index (χ2n) is 7.04. The Bertz CT molecular complexity index is 1070. The van der Waals surface area contributed by atoms with Crippen molar-refractivity contribution in [1.82, 2.24) is 14.5 Å². The fraction of sp³-hybridized carbons (Fsp3) is 0.286. The van der Waals surface area contributed by atoms with Crippen molar-refractivity contribution in [2.45, 2.75) is 31.8 Å². The van der Waals surface area contributed by atoms with Crippen molar-refractivity contribution in [1.29, 1.82) is 0 Å². The number of rotatable bonds is 2. The number of hydrogen-bond acceptors (Lipinski definition) is 3. The van der Waals surface area contributed by atoms with Crippen LogP contribution in [0, 0.1) is 0 Å². The van der Waals surface area contributed by atoms with E-state index in [0.717, 1.165) is 37.0 Å². The van der Waals surface area contributed by atoms with E-state index in [1.165, 1.54) is 5.56 Å². The van der Waals surface area contributed by atoms with Gasteiger partial charge in [0.2, 0.25) is 5.43 Å². The molecule has 1 atom stereocenters. The van der Waals surface area contributed by atoms with Gasteiger partial charge in [0.15, 0.2) is 0 Å². The van der Waals surface area contributed by atoms with Crippen LogP contribution in [0.5, 0.6) is 0 Å². The topological polar surface area (TPSA) is 55.2 Å². The molecule has 0 radical (unpaired) electrons. The first-order chi connectivity index (χ1) is 12.7. The molecule has 0 bridgehead atoms. The van der Waals surface area contributed by atoms with E-state index < -0.39 is 0 Å². The lowest BCUT2D eigenvalue weighted by atomic mass is 10.1. The monoisotopic (exact) mass is 345 g/mol. The van der Waals surface area contributed by atoms with Gasteiger partial charge in [-0.25, -0.2) is 0 Å². The number of amides is 1. The minimum absolute atomic E-state index is 0.0521. The van der Waals surface area contributed by atoms with E-state index in [2.05, 4.69) is 15.6 Å². The Labute approximate surface area is 150 Å². The van der Waals surface area contributed by atoms with Gasteiger partial charge in [-0.05, 0) is 43.0 Å². The molecule has 2 aromatic heterocycles. The Kier molecular flexibility index (Phi) is 3.42. The fourth-order valence-corrected chi connectivity index (χ4v) is 4.35. The standard InChI is InChI=1S/C21H19N3O2/c25-20-15-6-3-5-14-9-12-23(19(14)15)13-16(20)21(26)24-11-4-8-18(24)17-7-1-2-10-22-17/h1-3,5-7,10,13,18H,4,8-9,11-12H2/t18-/m1/s1. The normalized spacial score (nSPS) is 18.6. The van der Waals surface area contributed by atoms with E-state index >= 15 is 0 Å². The minimum Gasteiger partial charge on any atom is -0.346 e. The Morgan fingerprint density at radius 1 is 1.12 bits per heavy atom. The molecule has 1 aromatic carbocycles. The first-order valence-corrected chi connectivity index (χ1v) is 9.11. The van der Waals surface area contributed by atoms with Gasteiger partial charge in [0.05, 0.1) is 17.3 Å². The zero-order chi connectivity index (χ0) is 17.7. The zero-order valence-corrected chi connectivity index (χ0v) is 14.4. The number of para-hydroxylation sites is 1. The minimum atomic E-state index is -0.175. The number of nitrogens with zero attached hydrogens (tertiary/aromatic N) is 3. The number of aryl methyl sites for hydroxylation is 2. The Hall–Kier alpha value is -2.95. The average Bonchev–Trinajstić information content (AvgIpc) is 3.33. The maximum absolute atomic E-state index is 13.3. The van der Waals surface area contributed by atoms with E-state index in [0.29, 0.717) is 11.9 Å². The van der Waals surface area contributed by atoms with Crippen LogP contribution in [0.1, 0.15) is 40.5 Å². The molecule has 1 amide bonds. The molecule has 26 heavy (non-hydrogen) atoms. The van der Waals surface area contributed by atoms with Gasteiger partial charge in [-0.2, -0.15) is 0 Å². The van der Waals surface area contributed by atoms with E-state index in [1.807, 2.05) is 35.2 Å². The molecule has 5 heteroatoms. The van der Waals surface area contributed by atoms with Crippen molar-refractivity contribution in [2.24, 2.45) is 0 Å². The van der Waals surface area contributed by atoms with Crippen molar-refractivity contribution in [3.63, 3.8) is 0 Å². The molecular formula is C21H19N3O2. The van der Waals surface area contributed by atoms with Gasteiger partial charge in [-0.15, -0.1) is 0 Å². The largest absolute Gasteiger partial charge is 0.346 e. The van der Waals surface area contributed by atoms with E-state index in [1.54, 1.807) is 12.4 Å². The number of carbonyl (C=O) groups excluding carboxylic acids is 1. The van der Waals surface area contributed by atoms with Crippen LogP contribution in [-0.4, -0.2) is 26.9 Å². The highest BCUT2D eigenvalue weighted by atomic mass is 16.2. The Morgan fingerprint density at radius 3 is 2.88 bits per heavy atom. The molecule has 1 fully saturated rings. The highest BCUT2D eigenvalue weighted by molar-refractivity contribution is 5.98. The quantitative estimate of drug-likeness (QED) is 0.718. The highest BCUT2D eigenvalue weighted by Gasteiger charge is 2.33. The maximum Gasteiger partial charge on any atom is 0.259 e. The molecule has 5 rings (SSSR count). The van der Waals surface area contributed by atoms with Crippen LogP contribution < -0.4 is 5.43 Å². The summed E-state index contributed by atoms with van der Waals surface area (Å²) in [5.74, 6) is -0.175. The number of benzene rings is 1. The van der Waals surface area contributed by atoms with Gasteiger partial charge in [0.25, 0.3) is 5.91 Å². The number of hydrogen-bond donors (Lipinski definition) is 0. The third-order valence-corrected chi connectivity index (χ3v) is 5.58. The molecule has 2 aliphatic rings. The Balaban J connectivity index is 1.60. The van der Waals surface area contributed by atoms with Crippen LogP contribution in [0.3, 0.4) is 0 Å². The molecule has 1 saturated heterocycles. The molecule has 0 spiro atoms. The molecule has 4 heterocycles. The lowest BCUT2D eigenvalue weighted by Crippen LogP contribution is -2.34. The first-order valence-electron chi connectivity index (χ1n) is 9.11. The van der Waals surface area contributed by atoms with Crippen LogP contribution >= 0.6 is 0 Å². The van der Waals surface area contributed by atoms with Gasteiger partial charge < -0.3 is 9.47 Å². The first kappa shape index (κ1) is 15.3. The predicted molar refractivity (Wildman–Crippen MR) is 99.2 cm³/mol. The van der Waals surface area contributed by atoms with Gasteiger partial charge in [-0.3, -0.25) is 14.6 Å². The molecule has 130 valence electrons. The SMILES string of the molecule is O=C(c1cn2c3c(cccc3c1=O)CC2)N1CCC[C@@H]1c1ccccn1. The van der Waals surface area contributed by atoms with Crippen molar-refractivity contribution < 1.29 is 4.79 Å². The Morgan fingerprint density at radius 2 is 2.04 bits per heavy atom. The summed E-state index contributed by atoms with van der Waals surface area (Å²) < 4.78 is 2.06. The second kappa shape index (κ2) is 5.80.